The lowest BCUT2D eigenvalue weighted by Gasteiger charge is -2.19. The number of esters is 1. The molecule has 0 radical (unpaired) electrons. The third-order valence-electron chi connectivity index (χ3n) is 3.56. The second-order valence-corrected chi connectivity index (χ2v) is 7.69. The van der Waals surface area contributed by atoms with Gasteiger partial charge < -0.3 is 9.64 Å². The Hall–Kier alpha value is -1.51. The number of amides is 1. The number of hydrogen-bond donors (Lipinski definition) is 0. The summed E-state index contributed by atoms with van der Waals surface area (Å²) >= 11 is 8.10. The summed E-state index contributed by atoms with van der Waals surface area (Å²) in [6.07, 6.45) is 0. The number of thiocarbonyl (C=S) groups is 1. The van der Waals surface area contributed by atoms with Crippen molar-refractivity contribution in [3.63, 3.8) is 0 Å². The van der Waals surface area contributed by atoms with Gasteiger partial charge >= 0.3 is 5.97 Å². The number of rotatable bonds is 4. The average molecular weight is 381 g/mol. The molecule has 0 aliphatic carbocycles. The van der Waals surface area contributed by atoms with Crippen LogP contribution in [0.15, 0.2) is 39.1 Å². The summed E-state index contributed by atoms with van der Waals surface area (Å²) in [4.78, 5) is 29.6. The van der Waals surface area contributed by atoms with Gasteiger partial charge in [-0.2, -0.15) is 0 Å². The fourth-order valence-electron chi connectivity index (χ4n) is 2.52. The number of carbonyl (C=O) groups excluding carboxylic acids is 2. The SMILES string of the molecule is CCOC(=O)CN1C(=O)C(=C2Sc3ccccc3N2CC)SC1=S. The Labute approximate surface area is 154 Å². The van der Waals surface area contributed by atoms with Crippen LogP contribution in [0.5, 0.6) is 0 Å². The van der Waals surface area contributed by atoms with Crippen LogP contribution in [0.3, 0.4) is 0 Å². The normalized spacial score (nSPS) is 19.9. The molecule has 5 nitrogen and oxygen atoms in total. The van der Waals surface area contributed by atoms with E-state index in [-0.39, 0.29) is 19.1 Å². The lowest BCUT2D eigenvalue weighted by Crippen LogP contribution is -2.34. The largest absolute Gasteiger partial charge is 0.465 e. The van der Waals surface area contributed by atoms with Crippen LogP contribution >= 0.6 is 35.7 Å². The van der Waals surface area contributed by atoms with Gasteiger partial charge in [-0.15, -0.1) is 0 Å². The maximum atomic E-state index is 12.8. The van der Waals surface area contributed by atoms with Gasteiger partial charge in [0.15, 0.2) is 0 Å². The molecule has 0 unspecified atom stereocenters. The number of para-hydroxylation sites is 1. The minimum Gasteiger partial charge on any atom is -0.465 e. The first-order chi connectivity index (χ1) is 11.6. The molecule has 1 aromatic carbocycles. The number of fused-ring (bicyclic) bond motifs is 1. The van der Waals surface area contributed by atoms with Gasteiger partial charge in [0.05, 0.1) is 12.3 Å². The first kappa shape index (κ1) is 17.3. The molecule has 1 aromatic rings. The second kappa shape index (κ2) is 7.16. The summed E-state index contributed by atoms with van der Waals surface area (Å²) < 4.78 is 5.31. The number of thioether (sulfide) groups is 2. The van der Waals surface area contributed by atoms with E-state index in [0.29, 0.717) is 9.23 Å². The van der Waals surface area contributed by atoms with Crippen LogP contribution in [0.4, 0.5) is 5.69 Å². The molecule has 1 fully saturated rings. The molecule has 2 heterocycles. The van der Waals surface area contributed by atoms with E-state index >= 15 is 0 Å². The Morgan fingerprint density at radius 1 is 1.21 bits per heavy atom. The second-order valence-electron chi connectivity index (χ2n) is 5.01. The summed E-state index contributed by atoms with van der Waals surface area (Å²) in [5, 5.41) is 0.877. The molecule has 0 N–H and O–H groups in total. The van der Waals surface area contributed by atoms with Gasteiger partial charge in [-0.05, 0) is 26.0 Å². The minimum atomic E-state index is -0.449. The summed E-state index contributed by atoms with van der Waals surface area (Å²) in [5.74, 6) is -0.679. The predicted octanol–water partition coefficient (Wildman–Crippen LogP) is 3.21. The van der Waals surface area contributed by atoms with E-state index in [9.17, 15) is 9.59 Å². The maximum absolute atomic E-state index is 12.8. The monoisotopic (exact) mass is 380 g/mol. The number of anilines is 1. The highest BCUT2D eigenvalue weighted by Crippen LogP contribution is 2.50. The Kier molecular flexibility index (Phi) is 5.17. The maximum Gasteiger partial charge on any atom is 0.326 e. The Bertz CT molecular complexity index is 748. The third kappa shape index (κ3) is 3.05. The molecule has 0 saturated carbocycles. The number of hydrogen-bond acceptors (Lipinski definition) is 7. The van der Waals surface area contributed by atoms with E-state index in [2.05, 4.69) is 4.90 Å². The molecule has 0 bridgehead atoms. The van der Waals surface area contributed by atoms with Gasteiger partial charge in [-0.1, -0.05) is 47.9 Å². The van der Waals surface area contributed by atoms with E-state index in [1.165, 1.54) is 16.7 Å². The van der Waals surface area contributed by atoms with Crippen molar-refractivity contribution in [2.75, 3.05) is 24.6 Å². The lowest BCUT2D eigenvalue weighted by molar-refractivity contribution is -0.145. The van der Waals surface area contributed by atoms with Crippen LogP contribution in [-0.4, -0.2) is 40.8 Å². The van der Waals surface area contributed by atoms with Crippen LogP contribution < -0.4 is 4.90 Å². The highest BCUT2D eigenvalue weighted by Gasteiger charge is 2.39. The highest BCUT2D eigenvalue weighted by molar-refractivity contribution is 8.27. The van der Waals surface area contributed by atoms with Crippen molar-refractivity contribution in [3.8, 4) is 0 Å². The molecular formula is C16H16N2O3S3. The number of carbonyl (C=O) groups is 2. The van der Waals surface area contributed by atoms with E-state index in [1.807, 2.05) is 31.2 Å². The fraction of sp³-hybridized carbons (Fsp3) is 0.312. The van der Waals surface area contributed by atoms with Crippen LogP contribution in [0.2, 0.25) is 0 Å². The molecule has 0 aromatic heterocycles. The van der Waals surface area contributed by atoms with Crippen molar-refractivity contribution in [1.82, 2.24) is 4.90 Å². The van der Waals surface area contributed by atoms with Crippen LogP contribution in [0.1, 0.15) is 13.8 Å². The minimum absolute atomic E-state index is 0.140. The lowest BCUT2D eigenvalue weighted by atomic mass is 10.3. The average Bonchev–Trinajstić information content (AvgIpc) is 3.07. The van der Waals surface area contributed by atoms with Crippen LogP contribution in [-0.2, 0) is 14.3 Å². The van der Waals surface area contributed by atoms with E-state index in [1.54, 1.807) is 18.7 Å². The molecule has 0 atom stereocenters. The Balaban J connectivity index is 1.90. The van der Waals surface area contributed by atoms with Gasteiger partial charge in [0.2, 0.25) is 0 Å². The Morgan fingerprint density at radius 3 is 2.67 bits per heavy atom. The topological polar surface area (TPSA) is 49.9 Å². The Morgan fingerprint density at radius 2 is 1.96 bits per heavy atom. The van der Waals surface area contributed by atoms with Crippen LogP contribution in [0, 0.1) is 0 Å². The van der Waals surface area contributed by atoms with Gasteiger partial charge in [0.1, 0.15) is 20.8 Å². The summed E-state index contributed by atoms with van der Waals surface area (Å²) in [6, 6.07) is 8.04. The number of nitrogens with zero attached hydrogens (tertiary/aromatic N) is 2. The summed E-state index contributed by atoms with van der Waals surface area (Å²) in [7, 11) is 0. The van der Waals surface area contributed by atoms with Crippen LogP contribution in [0.25, 0.3) is 0 Å². The molecule has 0 spiro atoms. The standard InChI is InChI=1S/C16H16N2O3S3/c1-3-17-10-7-5-6-8-11(10)23-15(17)13-14(20)18(16(22)24-13)9-12(19)21-4-2/h5-8H,3-4,9H2,1-2H3. The van der Waals surface area contributed by atoms with Crippen molar-refractivity contribution in [2.24, 2.45) is 0 Å². The zero-order valence-electron chi connectivity index (χ0n) is 13.3. The molecular weight excluding hydrogens is 364 g/mol. The number of ether oxygens (including phenoxy) is 1. The van der Waals surface area contributed by atoms with Gasteiger partial charge in [0, 0.05) is 11.4 Å². The first-order valence-corrected chi connectivity index (χ1v) is 9.58. The van der Waals surface area contributed by atoms with E-state index in [0.717, 1.165) is 22.2 Å². The molecule has 1 amide bonds. The molecule has 1 saturated heterocycles. The summed E-state index contributed by atoms with van der Waals surface area (Å²) in [5.41, 5.74) is 1.09. The van der Waals surface area contributed by atoms with Gasteiger partial charge in [-0.25, -0.2) is 0 Å². The molecule has 3 rings (SSSR count). The predicted molar refractivity (Wildman–Crippen MR) is 101 cm³/mol. The van der Waals surface area contributed by atoms with Gasteiger partial charge in [-0.3, -0.25) is 14.5 Å². The zero-order chi connectivity index (χ0) is 17.3. The van der Waals surface area contributed by atoms with E-state index < -0.39 is 5.97 Å². The molecule has 24 heavy (non-hydrogen) atoms. The highest BCUT2D eigenvalue weighted by atomic mass is 32.2. The first-order valence-electron chi connectivity index (χ1n) is 7.54. The van der Waals surface area contributed by atoms with Crippen molar-refractivity contribution in [2.45, 2.75) is 18.7 Å². The summed E-state index contributed by atoms with van der Waals surface area (Å²) in [6.45, 7) is 4.67. The molecule has 2 aliphatic rings. The van der Waals surface area contributed by atoms with Crippen molar-refractivity contribution >= 4 is 57.6 Å². The van der Waals surface area contributed by atoms with Gasteiger partial charge in [0.25, 0.3) is 5.91 Å². The molecule has 2 aliphatic heterocycles. The van der Waals surface area contributed by atoms with Crippen molar-refractivity contribution < 1.29 is 14.3 Å². The molecule has 8 heteroatoms. The molecule has 126 valence electrons. The quantitative estimate of drug-likeness (QED) is 0.452. The fourth-order valence-corrected chi connectivity index (χ4v) is 5.15. The van der Waals surface area contributed by atoms with E-state index in [4.69, 9.17) is 17.0 Å². The zero-order valence-corrected chi connectivity index (χ0v) is 15.7. The smallest absolute Gasteiger partial charge is 0.326 e. The number of benzene rings is 1. The third-order valence-corrected chi connectivity index (χ3v) is 6.31. The van der Waals surface area contributed by atoms with Crippen molar-refractivity contribution in [3.05, 3.63) is 34.2 Å². The van der Waals surface area contributed by atoms with Crippen molar-refractivity contribution in [1.29, 1.82) is 0 Å².